The van der Waals surface area contributed by atoms with Crippen LogP contribution < -0.4 is 0 Å². The standard InChI is InChI=1S/C4H10.2C3H8.C2H6/c1-4(2)3;2*1-3-2;1-2/h4H,1-3H3;2*3H2,1-2H3;1-2H3. The van der Waals surface area contributed by atoms with Crippen molar-refractivity contribution in [3.8, 4) is 0 Å². The van der Waals surface area contributed by atoms with E-state index in [1.54, 1.807) is 0 Å². The van der Waals surface area contributed by atoms with Gasteiger partial charge in [0.15, 0.2) is 0 Å². The Morgan fingerprint density at radius 3 is 0.667 bits per heavy atom. The van der Waals surface area contributed by atoms with Gasteiger partial charge in [0, 0.05) is 0 Å². The Morgan fingerprint density at radius 2 is 0.667 bits per heavy atom. The molecule has 0 heteroatoms. The molecule has 12 heavy (non-hydrogen) atoms. The summed E-state index contributed by atoms with van der Waals surface area (Å²) in [6.45, 7) is 19.0. The molecular formula is C12H32. The summed E-state index contributed by atoms with van der Waals surface area (Å²) < 4.78 is 0. The summed E-state index contributed by atoms with van der Waals surface area (Å²) in [5.41, 5.74) is 0. The summed E-state index contributed by atoms with van der Waals surface area (Å²) in [6.07, 6.45) is 2.50. The average molecular weight is 176 g/mol. The Morgan fingerprint density at radius 1 is 0.667 bits per heavy atom. The van der Waals surface area contributed by atoms with Crippen molar-refractivity contribution in [3.05, 3.63) is 0 Å². The summed E-state index contributed by atoms with van der Waals surface area (Å²) in [5.74, 6) is 0.833. The Kier molecular flexibility index (Phi) is 83.2. The van der Waals surface area contributed by atoms with Gasteiger partial charge in [-0.15, -0.1) is 0 Å². The van der Waals surface area contributed by atoms with Crippen LogP contribution in [-0.4, -0.2) is 0 Å². The summed E-state index contributed by atoms with van der Waals surface area (Å²) in [4.78, 5) is 0. The first kappa shape index (κ1) is 22.7. The molecule has 0 amide bonds. The van der Waals surface area contributed by atoms with Crippen molar-refractivity contribution in [2.75, 3.05) is 0 Å². The van der Waals surface area contributed by atoms with Gasteiger partial charge in [0.05, 0.1) is 0 Å². The van der Waals surface area contributed by atoms with Crippen molar-refractivity contribution in [1.82, 2.24) is 0 Å². The molecule has 0 aromatic rings. The average Bonchev–Trinajstić information content (AvgIpc) is 1.92. The van der Waals surface area contributed by atoms with E-state index in [-0.39, 0.29) is 0 Å². The van der Waals surface area contributed by atoms with Gasteiger partial charge in [0.1, 0.15) is 0 Å². The molecule has 0 aliphatic carbocycles. The quantitative estimate of drug-likeness (QED) is 0.456. The first-order chi connectivity index (χ1) is 5.56. The molecule has 0 saturated carbocycles. The number of hydrogen-bond donors (Lipinski definition) is 0. The first-order valence-corrected chi connectivity index (χ1v) is 5.56. The van der Waals surface area contributed by atoms with Gasteiger partial charge < -0.3 is 0 Å². The third-order valence-corrected chi connectivity index (χ3v) is 0. The zero-order valence-electron chi connectivity index (χ0n) is 11.0. The molecule has 0 saturated heterocycles. The second-order valence-corrected chi connectivity index (χ2v) is 3.15. The van der Waals surface area contributed by atoms with Crippen molar-refractivity contribution < 1.29 is 0 Å². The van der Waals surface area contributed by atoms with Gasteiger partial charge in [-0.25, -0.2) is 0 Å². The SMILES string of the molecule is CC.CC(C)C.CCC.CCC. The van der Waals surface area contributed by atoms with Crippen LogP contribution in [0.3, 0.4) is 0 Å². The van der Waals surface area contributed by atoms with Gasteiger partial charge in [-0.1, -0.05) is 75.2 Å². The van der Waals surface area contributed by atoms with Crippen LogP contribution >= 0.6 is 0 Å². The Balaban J connectivity index is -0.0000000368. The van der Waals surface area contributed by atoms with Crippen molar-refractivity contribution >= 4 is 0 Å². The molecule has 0 unspecified atom stereocenters. The first-order valence-electron chi connectivity index (χ1n) is 5.56. The van der Waals surface area contributed by atoms with Crippen LogP contribution in [0, 0.1) is 5.92 Å². The minimum absolute atomic E-state index is 0.833. The highest BCUT2D eigenvalue weighted by atomic mass is 13.7. The van der Waals surface area contributed by atoms with Crippen LogP contribution in [0.25, 0.3) is 0 Å². The topological polar surface area (TPSA) is 0 Å². The van der Waals surface area contributed by atoms with E-state index >= 15 is 0 Å². The predicted molar refractivity (Wildman–Crippen MR) is 63.8 cm³/mol. The van der Waals surface area contributed by atoms with Gasteiger partial charge in [-0.2, -0.15) is 0 Å². The lowest BCUT2D eigenvalue weighted by Gasteiger charge is -1.79. The largest absolute Gasteiger partial charge is 0.0683 e. The fourth-order valence-electron chi connectivity index (χ4n) is 0. The lowest BCUT2D eigenvalue weighted by Crippen LogP contribution is -1.66. The molecule has 0 atom stereocenters. The molecule has 0 aromatic heterocycles. The second-order valence-electron chi connectivity index (χ2n) is 3.15. The molecule has 80 valence electrons. The monoisotopic (exact) mass is 176 g/mol. The Bertz CT molecular complexity index is 16.5. The van der Waals surface area contributed by atoms with E-state index in [0.717, 1.165) is 5.92 Å². The Labute approximate surface area is 81.8 Å². The van der Waals surface area contributed by atoms with Crippen LogP contribution in [0.15, 0.2) is 0 Å². The van der Waals surface area contributed by atoms with Crippen molar-refractivity contribution in [3.63, 3.8) is 0 Å². The lowest BCUT2D eigenvalue weighted by molar-refractivity contribution is 0.737. The number of rotatable bonds is 0. The van der Waals surface area contributed by atoms with Crippen molar-refractivity contribution in [1.29, 1.82) is 0 Å². The third-order valence-electron chi connectivity index (χ3n) is 0. The summed E-state index contributed by atoms with van der Waals surface area (Å²) >= 11 is 0. The molecule has 0 aromatic carbocycles. The smallest absolute Gasteiger partial charge is 0.0500 e. The van der Waals surface area contributed by atoms with E-state index in [1.165, 1.54) is 12.8 Å². The molecule has 0 nitrogen and oxygen atoms in total. The zero-order chi connectivity index (χ0) is 11.0. The predicted octanol–water partition coefficient (Wildman–Crippen LogP) is 5.52. The highest BCUT2D eigenvalue weighted by Gasteiger charge is 1.68. The van der Waals surface area contributed by atoms with E-state index in [2.05, 4.69) is 48.5 Å². The van der Waals surface area contributed by atoms with Gasteiger partial charge >= 0.3 is 0 Å². The van der Waals surface area contributed by atoms with Crippen LogP contribution in [0.1, 0.15) is 75.2 Å². The molecule has 0 N–H and O–H groups in total. The maximum absolute atomic E-state index is 2.17. The van der Waals surface area contributed by atoms with Gasteiger partial charge in [-0.3, -0.25) is 0 Å². The van der Waals surface area contributed by atoms with E-state index in [0.29, 0.717) is 0 Å². The molecule has 0 aliphatic rings. The molecule has 0 bridgehead atoms. The zero-order valence-corrected chi connectivity index (χ0v) is 11.0. The summed E-state index contributed by atoms with van der Waals surface area (Å²) in [6, 6.07) is 0. The van der Waals surface area contributed by atoms with Gasteiger partial charge in [0.2, 0.25) is 0 Å². The van der Waals surface area contributed by atoms with E-state index in [9.17, 15) is 0 Å². The maximum Gasteiger partial charge on any atom is -0.0500 e. The summed E-state index contributed by atoms with van der Waals surface area (Å²) in [7, 11) is 0. The molecule has 0 fully saturated rings. The van der Waals surface area contributed by atoms with Crippen molar-refractivity contribution in [2.24, 2.45) is 5.92 Å². The van der Waals surface area contributed by atoms with Crippen LogP contribution in [0.5, 0.6) is 0 Å². The highest BCUT2D eigenvalue weighted by Crippen LogP contribution is 1.81. The third kappa shape index (κ3) is 0. The van der Waals surface area contributed by atoms with Crippen LogP contribution in [0.4, 0.5) is 0 Å². The number of hydrogen-bond acceptors (Lipinski definition) is 0. The minimum atomic E-state index is 0.833. The minimum Gasteiger partial charge on any atom is -0.0683 e. The van der Waals surface area contributed by atoms with Crippen molar-refractivity contribution in [2.45, 2.75) is 75.2 Å². The van der Waals surface area contributed by atoms with E-state index in [1.807, 2.05) is 13.8 Å². The second kappa shape index (κ2) is 44.0. The van der Waals surface area contributed by atoms with Crippen LogP contribution in [-0.2, 0) is 0 Å². The molecule has 0 spiro atoms. The van der Waals surface area contributed by atoms with E-state index in [4.69, 9.17) is 0 Å². The molecule has 0 heterocycles. The van der Waals surface area contributed by atoms with E-state index < -0.39 is 0 Å². The molecule has 0 rings (SSSR count). The fraction of sp³-hybridized carbons (Fsp3) is 1.00. The highest BCUT2D eigenvalue weighted by molar-refractivity contribution is 4.20. The normalized spacial score (nSPS) is 6.50. The Hall–Kier alpha value is 0. The van der Waals surface area contributed by atoms with Gasteiger partial charge in [0.25, 0.3) is 0 Å². The fourth-order valence-corrected chi connectivity index (χ4v) is 0. The summed E-state index contributed by atoms with van der Waals surface area (Å²) in [5, 5.41) is 0. The molecule has 0 aliphatic heterocycles. The molecule has 0 radical (unpaired) electrons. The molecular weight excluding hydrogens is 144 g/mol. The van der Waals surface area contributed by atoms with Gasteiger partial charge in [-0.05, 0) is 5.92 Å². The lowest BCUT2D eigenvalue weighted by atomic mass is 10.3. The maximum atomic E-state index is 2.17. The van der Waals surface area contributed by atoms with Crippen LogP contribution in [0.2, 0.25) is 0 Å².